The lowest BCUT2D eigenvalue weighted by Crippen LogP contribution is -2.21. The van der Waals surface area contributed by atoms with E-state index in [0.29, 0.717) is 46.7 Å². The summed E-state index contributed by atoms with van der Waals surface area (Å²) < 4.78 is 76.5. The summed E-state index contributed by atoms with van der Waals surface area (Å²) in [5.41, 5.74) is 10.5. The van der Waals surface area contributed by atoms with Gasteiger partial charge in [-0.1, -0.05) is 23.7 Å². The average molecular weight is 736 g/mol. The fourth-order valence-electron chi connectivity index (χ4n) is 4.05. The number of aromatic nitrogens is 7. The fourth-order valence-corrected chi connectivity index (χ4v) is 4.24. The predicted molar refractivity (Wildman–Crippen MR) is 164 cm³/mol. The number of nitrogens with two attached hydrogens (primary N) is 1. The summed E-state index contributed by atoms with van der Waals surface area (Å²) in [6.45, 7) is 4.82. The zero-order chi connectivity index (χ0) is 37.1. The number of fused-ring (bicyclic) bond motifs is 1. The second-order valence-corrected chi connectivity index (χ2v) is 10.2. The van der Waals surface area contributed by atoms with Gasteiger partial charge in [-0.25, -0.2) is 29.2 Å². The molecule has 0 saturated heterocycles. The van der Waals surface area contributed by atoms with E-state index < -0.39 is 24.3 Å². The number of aliphatic carboxylic acids is 2. The van der Waals surface area contributed by atoms with Gasteiger partial charge in [-0.15, -0.1) is 0 Å². The molecule has 50 heavy (non-hydrogen) atoms. The van der Waals surface area contributed by atoms with Crippen LogP contribution in [0.3, 0.4) is 0 Å². The Morgan fingerprint density at radius 3 is 2.28 bits per heavy atom. The molecular formula is C28H28ClF6N9O6. The molecule has 0 radical (unpaired) electrons. The molecule has 6 N–H and O–H groups in total. The van der Waals surface area contributed by atoms with Gasteiger partial charge >= 0.3 is 24.3 Å². The normalized spacial score (nSPS) is 11.4. The number of nitrogen functional groups attached to an aromatic ring is 1. The number of H-pyrrole nitrogens is 1. The number of nitrogens with one attached hydrogen (secondary N) is 2. The molecule has 270 valence electrons. The molecule has 0 aliphatic carbocycles. The Balaban J connectivity index is 0.000000408. The number of rotatable bonds is 11. The van der Waals surface area contributed by atoms with Gasteiger partial charge in [0.15, 0.2) is 23.1 Å². The molecule has 0 saturated carbocycles. The molecule has 22 heteroatoms. The molecule has 0 amide bonds. The first-order chi connectivity index (χ1) is 23.5. The molecule has 0 atom stereocenters. The molecule has 5 rings (SSSR count). The standard InChI is InChI=1S/C24H26ClN9O2.2C2HF3O2/c1-2-34-22-18(35-10-4-8-27-9-7-17-12-28-14-30-17)13-29-19(15-5-3-6-16(25)11-15)20(22)31-24(34)21-23(26)33-36-32-21;2*3-2(4,5)1(6)7/h3,5-6,11-14,27H,2,4,7-10H2,1H3,(H2,26,33)(H,28,30);2*(H,6,7). The number of pyridine rings is 1. The number of carboxylic acids is 2. The number of halogens is 7. The SMILES string of the molecule is CCn1c(-c2nonc2N)nc2c(-c3cccc(Cl)c3)ncc(OCCCNCCc3cnc[nH]3)c21.O=C(O)C(F)(F)F.O=C(O)C(F)(F)F. The predicted octanol–water partition coefficient (Wildman–Crippen LogP) is 4.99. The summed E-state index contributed by atoms with van der Waals surface area (Å²) in [5.74, 6) is -4.18. The molecule has 0 spiro atoms. The molecule has 4 heterocycles. The third-order valence-electron chi connectivity index (χ3n) is 6.24. The molecule has 0 bridgehead atoms. The van der Waals surface area contributed by atoms with Gasteiger partial charge in [0.25, 0.3) is 0 Å². The van der Waals surface area contributed by atoms with Gasteiger partial charge < -0.3 is 35.6 Å². The smallest absolute Gasteiger partial charge is 0.490 e. The van der Waals surface area contributed by atoms with E-state index in [1.165, 1.54) is 0 Å². The van der Waals surface area contributed by atoms with Crippen molar-refractivity contribution in [2.45, 2.75) is 38.7 Å². The molecule has 0 aliphatic rings. The first-order valence-electron chi connectivity index (χ1n) is 14.2. The Hall–Kier alpha value is -5.44. The minimum atomic E-state index is -5.08. The van der Waals surface area contributed by atoms with Crippen LogP contribution >= 0.6 is 11.6 Å². The van der Waals surface area contributed by atoms with Gasteiger partial charge in [0.05, 0.1) is 24.8 Å². The quantitative estimate of drug-likeness (QED) is 0.0892. The van der Waals surface area contributed by atoms with Crippen LogP contribution in [0, 0.1) is 0 Å². The minimum absolute atomic E-state index is 0.168. The van der Waals surface area contributed by atoms with Crippen LogP contribution in [-0.2, 0) is 22.6 Å². The van der Waals surface area contributed by atoms with E-state index in [4.69, 9.17) is 56.5 Å². The highest BCUT2D eigenvalue weighted by molar-refractivity contribution is 6.30. The molecule has 15 nitrogen and oxygen atoms in total. The number of carboxylic acid groups (broad SMARTS) is 2. The Morgan fingerprint density at radius 1 is 1.06 bits per heavy atom. The van der Waals surface area contributed by atoms with Crippen LogP contribution in [0.25, 0.3) is 33.8 Å². The molecule has 0 aliphatic heterocycles. The number of benzene rings is 1. The highest BCUT2D eigenvalue weighted by atomic mass is 35.5. The number of carbonyl (C=O) groups is 2. The number of alkyl halides is 6. The van der Waals surface area contributed by atoms with Gasteiger partial charge in [0, 0.05) is 42.0 Å². The number of nitrogens with zero attached hydrogens (tertiary/aromatic N) is 6. The molecule has 1 aromatic carbocycles. The largest absolute Gasteiger partial charge is 0.490 e. The van der Waals surface area contributed by atoms with Gasteiger partial charge in [-0.2, -0.15) is 26.3 Å². The molecule has 5 aromatic rings. The van der Waals surface area contributed by atoms with Crippen LogP contribution in [0.4, 0.5) is 32.2 Å². The van der Waals surface area contributed by atoms with E-state index in [9.17, 15) is 26.3 Å². The Bertz CT molecular complexity index is 1840. The van der Waals surface area contributed by atoms with Gasteiger partial charge in [-0.3, -0.25) is 0 Å². The first kappa shape index (κ1) is 39.0. The highest BCUT2D eigenvalue weighted by Crippen LogP contribution is 2.37. The Labute approximate surface area is 282 Å². The van der Waals surface area contributed by atoms with Crippen molar-refractivity contribution in [3.8, 4) is 28.5 Å². The zero-order valence-electron chi connectivity index (χ0n) is 25.7. The number of aryl methyl sites for hydroxylation is 1. The van der Waals surface area contributed by atoms with E-state index in [-0.39, 0.29) is 5.82 Å². The van der Waals surface area contributed by atoms with Crippen LogP contribution < -0.4 is 15.8 Å². The van der Waals surface area contributed by atoms with Gasteiger partial charge in [0.2, 0.25) is 0 Å². The summed E-state index contributed by atoms with van der Waals surface area (Å²) in [7, 11) is 0. The summed E-state index contributed by atoms with van der Waals surface area (Å²) in [5, 5.41) is 26.0. The van der Waals surface area contributed by atoms with E-state index in [2.05, 4.69) is 25.6 Å². The Morgan fingerprint density at radius 2 is 1.74 bits per heavy atom. The number of anilines is 1. The van der Waals surface area contributed by atoms with Crippen LogP contribution in [0.2, 0.25) is 5.02 Å². The van der Waals surface area contributed by atoms with Crippen molar-refractivity contribution in [1.29, 1.82) is 0 Å². The van der Waals surface area contributed by atoms with Crippen molar-refractivity contribution >= 4 is 40.4 Å². The Kier molecular flexibility index (Phi) is 13.5. The molecule has 0 unspecified atom stereocenters. The molecule has 0 fully saturated rings. The lowest BCUT2D eigenvalue weighted by molar-refractivity contribution is -0.193. The van der Waals surface area contributed by atoms with Gasteiger partial charge in [-0.05, 0) is 42.3 Å². The maximum atomic E-state index is 10.6. The number of hydrogen-bond donors (Lipinski definition) is 5. The lowest BCUT2D eigenvalue weighted by Gasteiger charge is -2.12. The number of aromatic amines is 1. The van der Waals surface area contributed by atoms with Crippen LogP contribution in [0.5, 0.6) is 5.75 Å². The van der Waals surface area contributed by atoms with Crippen LogP contribution in [0.1, 0.15) is 19.0 Å². The van der Waals surface area contributed by atoms with Crippen LogP contribution in [0.15, 0.2) is 47.6 Å². The summed E-state index contributed by atoms with van der Waals surface area (Å²) >= 11 is 6.26. The third kappa shape index (κ3) is 10.8. The summed E-state index contributed by atoms with van der Waals surface area (Å²) in [6.07, 6.45) is -3.19. The van der Waals surface area contributed by atoms with E-state index in [1.807, 2.05) is 42.0 Å². The maximum Gasteiger partial charge on any atom is 0.490 e. The van der Waals surface area contributed by atoms with Crippen molar-refractivity contribution < 1.29 is 55.5 Å². The van der Waals surface area contributed by atoms with E-state index in [1.54, 1.807) is 12.5 Å². The van der Waals surface area contributed by atoms with Crippen molar-refractivity contribution in [3.63, 3.8) is 0 Å². The zero-order valence-corrected chi connectivity index (χ0v) is 26.5. The lowest BCUT2D eigenvalue weighted by atomic mass is 10.1. The molecule has 4 aromatic heterocycles. The second kappa shape index (κ2) is 17.3. The van der Waals surface area contributed by atoms with Crippen molar-refractivity contribution in [2.75, 3.05) is 25.4 Å². The fraction of sp³-hybridized carbons (Fsp3) is 0.321. The number of hydrogen-bond acceptors (Lipinski definition) is 11. The average Bonchev–Trinajstić information content (AvgIpc) is 3.80. The van der Waals surface area contributed by atoms with Crippen molar-refractivity contribution in [2.24, 2.45) is 0 Å². The number of ether oxygens (including phenoxy) is 1. The van der Waals surface area contributed by atoms with E-state index >= 15 is 0 Å². The van der Waals surface area contributed by atoms with Crippen LogP contribution in [-0.4, -0.2) is 89.0 Å². The van der Waals surface area contributed by atoms with Crippen molar-refractivity contribution in [3.05, 3.63) is 53.7 Å². The van der Waals surface area contributed by atoms with Gasteiger partial charge in [0.1, 0.15) is 11.0 Å². The summed E-state index contributed by atoms with van der Waals surface area (Å²) in [6, 6.07) is 7.50. The summed E-state index contributed by atoms with van der Waals surface area (Å²) in [4.78, 5) is 34.5. The third-order valence-corrected chi connectivity index (χ3v) is 6.48. The maximum absolute atomic E-state index is 10.6. The first-order valence-corrected chi connectivity index (χ1v) is 14.6. The van der Waals surface area contributed by atoms with Crippen molar-refractivity contribution in [1.82, 2.24) is 40.1 Å². The number of imidazole rings is 2. The highest BCUT2D eigenvalue weighted by Gasteiger charge is 2.39. The second-order valence-electron chi connectivity index (χ2n) is 9.74. The van der Waals surface area contributed by atoms with E-state index in [0.717, 1.165) is 42.7 Å². The minimum Gasteiger partial charge on any atom is -0.490 e. The molecular weight excluding hydrogens is 708 g/mol. The topological polar surface area (TPSA) is 220 Å². The monoisotopic (exact) mass is 735 g/mol.